The number of nitrogens with one attached hydrogen (secondary N) is 1. The van der Waals surface area contributed by atoms with Crippen molar-refractivity contribution in [3.8, 4) is 0 Å². The Morgan fingerprint density at radius 1 is 1.35 bits per heavy atom. The van der Waals surface area contributed by atoms with Gasteiger partial charge in [-0.25, -0.2) is 0 Å². The normalized spacial score (nSPS) is 25.1. The maximum absolute atomic E-state index is 4.40. The van der Waals surface area contributed by atoms with Gasteiger partial charge in [0.25, 0.3) is 0 Å². The Labute approximate surface area is 105 Å². The van der Waals surface area contributed by atoms with Gasteiger partial charge < -0.3 is 5.32 Å². The van der Waals surface area contributed by atoms with Gasteiger partial charge in [0, 0.05) is 32.3 Å². The van der Waals surface area contributed by atoms with Crippen molar-refractivity contribution in [2.45, 2.75) is 51.5 Å². The largest absolute Gasteiger partial charge is 0.314 e. The van der Waals surface area contributed by atoms with Crippen molar-refractivity contribution >= 4 is 0 Å². The van der Waals surface area contributed by atoms with Crippen molar-refractivity contribution in [3.63, 3.8) is 0 Å². The van der Waals surface area contributed by atoms with Crippen LogP contribution in [0.15, 0.2) is 12.3 Å². The van der Waals surface area contributed by atoms with E-state index in [2.05, 4.69) is 23.4 Å². The highest BCUT2D eigenvalue weighted by atomic mass is 15.2. The summed E-state index contributed by atoms with van der Waals surface area (Å²) in [5.74, 6) is 0.990. The van der Waals surface area contributed by atoms with E-state index in [1.165, 1.54) is 37.8 Å². The minimum atomic E-state index is 0.751. The number of aryl methyl sites for hydroxylation is 1. The van der Waals surface area contributed by atoms with Gasteiger partial charge in [-0.05, 0) is 37.7 Å². The zero-order chi connectivity index (χ0) is 12.1. The van der Waals surface area contributed by atoms with Gasteiger partial charge in [-0.3, -0.25) is 4.68 Å². The van der Waals surface area contributed by atoms with Crippen LogP contribution in [-0.2, 0) is 13.5 Å². The Morgan fingerprint density at radius 3 is 2.71 bits per heavy atom. The summed E-state index contributed by atoms with van der Waals surface area (Å²) in [7, 11) is 1.98. The summed E-state index contributed by atoms with van der Waals surface area (Å²) in [5.41, 5.74) is 1.20. The average molecular weight is 235 g/mol. The van der Waals surface area contributed by atoms with Crippen LogP contribution in [0.25, 0.3) is 0 Å². The van der Waals surface area contributed by atoms with Gasteiger partial charge in [0.2, 0.25) is 0 Å². The SMILES string of the molecule is CCC1CCC(NCCc2ccn(C)n2)CC1. The molecule has 0 spiro atoms. The van der Waals surface area contributed by atoms with Crippen LogP contribution in [0.3, 0.4) is 0 Å². The quantitative estimate of drug-likeness (QED) is 0.850. The summed E-state index contributed by atoms with van der Waals surface area (Å²) in [6.07, 6.45) is 9.98. The molecule has 1 saturated carbocycles. The molecule has 0 radical (unpaired) electrons. The Morgan fingerprint density at radius 2 is 2.12 bits per heavy atom. The van der Waals surface area contributed by atoms with Crippen LogP contribution in [0.1, 0.15) is 44.7 Å². The van der Waals surface area contributed by atoms with E-state index in [0.29, 0.717) is 0 Å². The predicted octanol–water partition coefficient (Wildman–Crippen LogP) is 2.52. The monoisotopic (exact) mass is 235 g/mol. The number of hydrogen-bond acceptors (Lipinski definition) is 2. The summed E-state index contributed by atoms with van der Waals surface area (Å²) in [5, 5.41) is 8.07. The lowest BCUT2D eigenvalue weighted by molar-refractivity contribution is 0.287. The second-order valence-corrected chi connectivity index (χ2v) is 5.31. The molecule has 0 saturated heterocycles. The highest BCUT2D eigenvalue weighted by molar-refractivity contribution is 4.99. The molecule has 3 nitrogen and oxygen atoms in total. The molecule has 1 heterocycles. The van der Waals surface area contributed by atoms with Gasteiger partial charge in [0.1, 0.15) is 0 Å². The first-order valence-electron chi connectivity index (χ1n) is 7.00. The standard InChI is InChI=1S/C14H25N3/c1-3-12-4-6-13(7-5-12)15-10-8-14-9-11-17(2)16-14/h9,11-13,15H,3-8,10H2,1-2H3. The fourth-order valence-electron chi connectivity index (χ4n) is 2.78. The number of nitrogens with zero attached hydrogens (tertiary/aromatic N) is 2. The molecule has 1 fully saturated rings. The maximum Gasteiger partial charge on any atom is 0.0637 e. The van der Waals surface area contributed by atoms with E-state index in [9.17, 15) is 0 Å². The van der Waals surface area contributed by atoms with Gasteiger partial charge in [-0.1, -0.05) is 13.3 Å². The zero-order valence-corrected chi connectivity index (χ0v) is 11.2. The van der Waals surface area contributed by atoms with Crippen LogP contribution < -0.4 is 5.32 Å². The Hall–Kier alpha value is -0.830. The van der Waals surface area contributed by atoms with E-state index in [1.807, 2.05) is 17.9 Å². The van der Waals surface area contributed by atoms with Crippen LogP contribution in [0, 0.1) is 5.92 Å². The van der Waals surface area contributed by atoms with Crippen molar-refractivity contribution in [1.29, 1.82) is 0 Å². The van der Waals surface area contributed by atoms with E-state index in [-0.39, 0.29) is 0 Å². The van der Waals surface area contributed by atoms with Crippen LogP contribution in [0.2, 0.25) is 0 Å². The molecule has 1 aliphatic carbocycles. The van der Waals surface area contributed by atoms with Crippen LogP contribution >= 0.6 is 0 Å². The van der Waals surface area contributed by atoms with Crippen molar-refractivity contribution in [1.82, 2.24) is 15.1 Å². The fraction of sp³-hybridized carbons (Fsp3) is 0.786. The zero-order valence-electron chi connectivity index (χ0n) is 11.2. The van der Waals surface area contributed by atoms with Crippen molar-refractivity contribution < 1.29 is 0 Å². The van der Waals surface area contributed by atoms with Crippen molar-refractivity contribution in [3.05, 3.63) is 18.0 Å². The molecule has 0 aromatic carbocycles. The molecule has 3 heteroatoms. The first-order chi connectivity index (χ1) is 8.28. The summed E-state index contributed by atoms with van der Waals surface area (Å²) in [6, 6.07) is 2.86. The van der Waals surface area contributed by atoms with E-state index in [4.69, 9.17) is 0 Å². The van der Waals surface area contributed by atoms with Crippen LogP contribution in [-0.4, -0.2) is 22.4 Å². The molecule has 0 unspecified atom stereocenters. The minimum absolute atomic E-state index is 0.751. The van der Waals surface area contributed by atoms with Crippen LogP contribution in [0.4, 0.5) is 0 Å². The van der Waals surface area contributed by atoms with Crippen molar-refractivity contribution in [2.75, 3.05) is 6.54 Å². The molecule has 96 valence electrons. The molecular weight excluding hydrogens is 210 g/mol. The average Bonchev–Trinajstić information content (AvgIpc) is 2.76. The molecule has 1 aromatic rings. The third-order valence-corrected chi connectivity index (χ3v) is 4.01. The molecule has 0 amide bonds. The van der Waals surface area contributed by atoms with E-state index in [1.54, 1.807) is 0 Å². The summed E-state index contributed by atoms with van der Waals surface area (Å²) in [6.45, 7) is 3.39. The summed E-state index contributed by atoms with van der Waals surface area (Å²) < 4.78 is 1.88. The van der Waals surface area contributed by atoms with Crippen LogP contribution in [0.5, 0.6) is 0 Å². The third-order valence-electron chi connectivity index (χ3n) is 4.01. The second kappa shape index (κ2) is 6.20. The van der Waals surface area contributed by atoms with E-state index in [0.717, 1.165) is 24.9 Å². The minimum Gasteiger partial charge on any atom is -0.314 e. The van der Waals surface area contributed by atoms with Gasteiger partial charge in [-0.15, -0.1) is 0 Å². The first kappa shape index (κ1) is 12.6. The molecule has 2 rings (SSSR count). The Bertz CT molecular complexity index is 324. The number of aromatic nitrogens is 2. The lowest BCUT2D eigenvalue weighted by Crippen LogP contribution is -2.34. The number of rotatable bonds is 5. The van der Waals surface area contributed by atoms with Gasteiger partial charge >= 0.3 is 0 Å². The first-order valence-corrected chi connectivity index (χ1v) is 7.00. The summed E-state index contributed by atoms with van der Waals surface area (Å²) in [4.78, 5) is 0. The molecule has 1 aromatic heterocycles. The van der Waals surface area contributed by atoms with E-state index >= 15 is 0 Å². The predicted molar refractivity (Wildman–Crippen MR) is 71.0 cm³/mol. The van der Waals surface area contributed by atoms with Gasteiger partial charge in [0.05, 0.1) is 5.69 Å². The van der Waals surface area contributed by atoms with Crippen molar-refractivity contribution in [2.24, 2.45) is 13.0 Å². The molecule has 0 aliphatic heterocycles. The topological polar surface area (TPSA) is 29.9 Å². The smallest absolute Gasteiger partial charge is 0.0637 e. The lowest BCUT2D eigenvalue weighted by Gasteiger charge is -2.28. The fourth-order valence-corrected chi connectivity index (χ4v) is 2.78. The maximum atomic E-state index is 4.40. The number of hydrogen-bond donors (Lipinski definition) is 1. The van der Waals surface area contributed by atoms with Gasteiger partial charge in [-0.2, -0.15) is 5.10 Å². The van der Waals surface area contributed by atoms with Gasteiger partial charge in [0.15, 0.2) is 0 Å². The Kier molecular flexibility index (Phi) is 4.60. The third kappa shape index (κ3) is 3.84. The second-order valence-electron chi connectivity index (χ2n) is 5.31. The van der Waals surface area contributed by atoms with E-state index < -0.39 is 0 Å². The molecule has 17 heavy (non-hydrogen) atoms. The Balaban J connectivity index is 1.63. The highest BCUT2D eigenvalue weighted by Gasteiger charge is 2.19. The molecule has 0 bridgehead atoms. The highest BCUT2D eigenvalue weighted by Crippen LogP contribution is 2.26. The molecule has 1 aliphatic rings. The molecule has 0 atom stereocenters. The molecular formula is C14H25N3. The molecule has 1 N–H and O–H groups in total. The summed E-state index contributed by atoms with van der Waals surface area (Å²) >= 11 is 0. The lowest BCUT2D eigenvalue weighted by atomic mass is 9.84.